The van der Waals surface area contributed by atoms with E-state index in [4.69, 9.17) is 4.74 Å². The maximum atomic E-state index is 6.15. The van der Waals surface area contributed by atoms with E-state index < -0.39 is 0 Å². The summed E-state index contributed by atoms with van der Waals surface area (Å²) in [6, 6.07) is 1.36. The maximum absolute atomic E-state index is 6.15. The van der Waals surface area contributed by atoms with E-state index in [-0.39, 0.29) is 5.60 Å². The first-order chi connectivity index (χ1) is 8.74. The van der Waals surface area contributed by atoms with E-state index >= 15 is 0 Å². The van der Waals surface area contributed by atoms with Gasteiger partial charge in [0, 0.05) is 18.7 Å². The van der Waals surface area contributed by atoms with Gasteiger partial charge in [-0.15, -0.1) is 0 Å². The first-order valence-corrected chi connectivity index (χ1v) is 8.87. The van der Waals surface area contributed by atoms with Gasteiger partial charge in [0.05, 0.1) is 5.60 Å². The number of thioether (sulfide) groups is 1. The monoisotopic (exact) mass is 271 g/mol. The van der Waals surface area contributed by atoms with Gasteiger partial charge in [0.25, 0.3) is 0 Å². The second-order valence-corrected chi connectivity index (χ2v) is 7.27. The summed E-state index contributed by atoms with van der Waals surface area (Å²) in [5.74, 6) is 2.58. The Hall–Kier alpha value is 0.270. The van der Waals surface area contributed by atoms with Crippen molar-refractivity contribution < 1.29 is 4.74 Å². The summed E-state index contributed by atoms with van der Waals surface area (Å²) in [6.45, 7) is 5.58. The molecule has 3 heteroatoms. The maximum Gasteiger partial charge on any atom is 0.0713 e. The van der Waals surface area contributed by atoms with E-state index in [1.807, 2.05) is 0 Å². The highest BCUT2D eigenvalue weighted by Crippen LogP contribution is 2.37. The second-order valence-electron chi connectivity index (χ2n) is 6.04. The van der Waals surface area contributed by atoms with Gasteiger partial charge >= 0.3 is 0 Å². The van der Waals surface area contributed by atoms with Crippen molar-refractivity contribution in [3.63, 3.8) is 0 Å². The minimum atomic E-state index is 0.228. The summed E-state index contributed by atoms with van der Waals surface area (Å²) in [5.41, 5.74) is 0.228. The van der Waals surface area contributed by atoms with Gasteiger partial charge in [-0.2, -0.15) is 11.8 Å². The van der Waals surface area contributed by atoms with Crippen LogP contribution in [-0.4, -0.2) is 35.8 Å². The Morgan fingerprint density at radius 3 is 2.89 bits per heavy atom. The molecule has 2 heterocycles. The third-order valence-electron chi connectivity index (χ3n) is 4.41. The van der Waals surface area contributed by atoms with E-state index in [2.05, 4.69) is 30.9 Å². The fourth-order valence-electron chi connectivity index (χ4n) is 3.26. The molecule has 0 saturated carbocycles. The SMILES string of the molecule is CCCCC(C)NC1CCOC2(CCSCC2)C1. The van der Waals surface area contributed by atoms with E-state index in [1.54, 1.807) is 0 Å². The van der Waals surface area contributed by atoms with Gasteiger partial charge < -0.3 is 10.1 Å². The number of ether oxygens (including phenoxy) is 1. The van der Waals surface area contributed by atoms with Gasteiger partial charge in [-0.25, -0.2) is 0 Å². The molecule has 0 aromatic carbocycles. The number of unbranched alkanes of at least 4 members (excludes halogenated alkanes) is 1. The van der Waals surface area contributed by atoms with Gasteiger partial charge in [-0.1, -0.05) is 19.8 Å². The molecule has 2 fully saturated rings. The molecule has 18 heavy (non-hydrogen) atoms. The van der Waals surface area contributed by atoms with Crippen molar-refractivity contribution in [2.24, 2.45) is 0 Å². The quantitative estimate of drug-likeness (QED) is 0.825. The molecule has 2 rings (SSSR count). The second kappa shape index (κ2) is 7.16. The Balaban J connectivity index is 1.79. The smallest absolute Gasteiger partial charge is 0.0713 e. The van der Waals surface area contributed by atoms with Crippen molar-refractivity contribution in [1.82, 2.24) is 5.32 Å². The fraction of sp³-hybridized carbons (Fsp3) is 1.00. The van der Waals surface area contributed by atoms with Crippen LogP contribution in [0.3, 0.4) is 0 Å². The first kappa shape index (κ1) is 14.7. The van der Waals surface area contributed by atoms with Crippen LogP contribution >= 0.6 is 11.8 Å². The van der Waals surface area contributed by atoms with Crippen molar-refractivity contribution in [2.45, 2.75) is 76.5 Å². The van der Waals surface area contributed by atoms with Crippen LogP contribution in [0.15, 0.2) is 0 Å². The largest absolute Gasteiger partial charge is 0.375 e. The molecule has 1 N–H and O–H groups in total. The van der Waals surface area contributed by atoms with Crippen LogP contribution in [-0.2, 0) is 4.74 Å². The predicted molar refractivity (Wildman–Crippen MR) is 80.4 cm³/mol. The van der Waals surface area contributed by atoms with Crippen molar-refractivity contribution in [2.75, 3.05) is 18.1 Å². The van der Waals surface area contributed by atoms with Gasteiger partial charge in [-0.3, -0.25) is 0 Å². The zero-order valence-corrected chi connectivity index (χ0v) is 12.9. The Morgan fingerprint density at radius 2 is 2.17 bits per heavy atom. The third-order valence-corrected chi connectivity index (χ3v) is 5.39. The number of hydrogen-bond acceptors (Lipinski definition) is 3. The molecule has 2 atom stereocenters. The van der Waals surface area contributed by atoms with Gasteiger partial charge in [0.15, 0.2) is 0 Å². The summed E-state index contributed by atoms with van der Waals surface area (Å²) in [6.07, 6.45) is 8.94. The summed E-state index contributed by atoms with van der Waals surface area (Å²) in [5, 5.41) is 3.84. The summed E-state index contributed by atoms with van der Waals surface area (Å²) in [7, 11) is 0. The standard InChI is InChI=1S/C15H29NOS/c1-3-4-5-13(2)16-14-6-9-17-15(12-14)7-10-18-11-8-15/h13-14,16H,3-12H2,1-2H3. The van der Waals surface area contributed by atoms with Crippen LogP contribution < -0.4 is 5.32 Å². The fourth-order valence-corrected chi connectivity index (χ4v) is 4.49. The lowest BCUT2D eigenvalue weighted by Gasteiger charge is -2.44. The van der Waals surface area contributed by atoms with Crippen molar-refractivity contribution in [1.29, 1.82) is 0 Å². The normalized spacial score (nSPS) is 29.3. The molecule has 2 aliphatic heterocycles. The molecular formula is C15H29NOS. The lowest BCUT2D eigenvalue weighted by molar-refractivity contribution is -0.0941. The van der Waals surface area contributed by atoms with Crippen LogP contribution in [0.4, 0.5) is 0 Å². The molecule has 1 spiro atoms. The lowest BCUT2D eigenvalue weighted by atomic mass is 9.85. The summed E-state index contributed by atoms with van der Waals surface area (Å²) < 4.78 is 6.15. The van der Waals surface area contributed by atoms with Gasteiger partial charge in [0.2, 0.25) is 0 Å². The molecule has 0 aromatic rings. The zero-order valence-electron chi connectivity index (χ0n) is 12.0. The molecule has 0 amide bonds. The lowest BCUT2D eigenvalue weighted by Crippen LogP contribution is -2.50. The van der Waals surface area contributed by atoms with Crippen LogP contribution in [0.2, 0.25) is 0 Å². The van der Waals surface area contributed by atoms with E-state index in [0.29, 0.717) is 12.1 Å². The Labute approximate surface area is 117 Å². The molecule has 2 unspecified atom stereocenters. The van der Waals surface area contributed by atoms with Crippen molar-refractivity contribution in [3.05, 3.63) is 0 Å². The van der Waals surface area contributed by atoms with E-state index in [1.165, 1.54) is 56.5 Å². The first-order valence-electron chi connectivity index (χ1n) is 7.72. The molecule has 106 valence electrons. The van der Waals surface area contributed by atoms with Crippen molar-refractivity contribution >= 4 is 11.8 Å². The molecule has 0 aromatic heterocycles. The predicted octanol–water partition coefficient (Wildman–Crippen LogP) is 3.60. The summed E-state index contributed by atoms with van der Waals surface area (Å²) in [4.78, 5) is 0. The average molecular weight is 271 g/mol. The molecule has 2 nitrogen and oxygen atoms in total. The molecule has 0 radical (unpaired) electrons. The Morgan fingerprint density at radius 1 is 1.39 bits per heavy atom. The summed E-state index contributed by atoms with van der Waals surface area (Å²) >= 11 is 2.09. The number of rotatable bonds is 5. The Kier molecular flexibility index (Phi) is 5.84. The minimum absolute atomic E-state index is 0.228. The van der Waals surface area contributed by atoms with Crippen LogP contribution in [0.25, 0.3) is 0 Å². The van der Waals surface area contributed by atoms with E-state index in [9.17, 15) is 0 Å². The molecule has 2 aliphatic rings. The molecule has 0 bridgehead atoms. The minimum Gasteiger partial charge on any atom is -0.375 e. The highest BCUT2D eigenvalue weighted by Gasteiger charge is 2.38. The highest BCUT2D eigenvalue weighted by molar-refractivity contribution is 7.99. The van der Waals surface area contributed by atoms with Gasteiger partial charge in [0.1, 0.15) is 0 Å². The van der Waals surface area contributed by atoms with Crippen LogP contribution in [0, 0.1) is 0 Å². The molecular weight excluding hydrogens is 242 g/mol. The number of hydrogen-bond donors (Lipinski definition) is 1. The molecule has 0 aliphatic carbocycles. The molecule has 2 saturated heterocycles. The van der Waals surface area contributed by atoms with E-state index in [0.717, 1.165) is 6.61 Å². The zero-order chi connectivity index (χ0) is 12.8. The van der Waals surface area contributed by atoms with Crippen LogP contribution in [0.1, 0.15) is 58.8 Å². The van der Waals surface area contributed by atoms with Crippen LogP contribution in [0.5, 0.6) is 0 Å². The average Bonchev–Trinajstić information content (AvgIpc) is 2.37. The number of nitrogens with one attached hydrogen (secondary N) is 1. The topological polar surface area (TPSA) is 21.3 Å². The highest BCUT2D eigenvalue weighted by atomic mass is 32.2. The van der Waals surface area contributed by atoms with Crippen molar-refractivity contribution in [3.8, 4) is 0 Å². The third kappa shape index (κ3) is 4.14. The van der Waals surface area contributed by atoms with Gasteiger partial charge in [-0.05, 0) is 50.5 Å². The Bertz CT molecular complexity index is 235.